The number of aryl methyl sites for hydroxylation is 1. The van der Waals surface area contributed by atoms with E-state index >= 15 is 0 Å². The minimum absolute atomic E-state index is 0.0721. The van der Waals surface area contributed by atoms with Crippen molar-refractivity contribution in [3.63, 3.8) is 0 Å². The van der Waals surface area contributed by atoms with Gasteiger partial charge in [-0.2, -0.15) is 0 Å². The van der Waals surface area contributed by atoms with Crippen molar-refractivity contribution >= 4 is 0 Å². The van der Waals surface area contributed by atoms with E-state index < -0.39 is 0 Å². The van der Waals surface area contributed by atoms with Crippen LogP contribution < -0.4 is 5.32 Å². The molecule has 21 heavy (non-hydrogen) atoms. The van der Waals surface area contributed by atoms with Crippen LogP contribution in [0.3, 0.4) is 0 Å². The zero-order valence-electron chi connectivity index (χ0n) is 13.8. The van der Waals surface area contributed by atoms with Gasteiger partial charge in [-0.1, -0.05) is 6.92 Å². The Bertz CT molecular complexity index is 478. The number of hydrogen-bond acceptors (Lipinski definition) is 2. The van der Waals surface area contributed by atoms with E-state index in [0.717, 1.165) is 13.1 Å². The summed E-state index contributed by atoms with van der Waals surface area (Å²) in [4.78, 5) is 0. The predicted molar refractivity (Wildman–Crippen MR) is 86.6 cm³/mol. The Balaban J connectivity index is 1.67. The van der Waals surface area contributed by atoms with Crippen molar-refractivity contribution in [1.82, 2.24) is 9.88 Å². The lowest BCUT2D eigenvalue weighted by Crippen LogP contribution is -2.25. The van der Waals surface area contributed by atoms with Crippen molar-refractivity contribution in [3.8, 4) is 0 Å². The first-order valence-corrected chi connectivity index (χ1v) is 8.67. The van der Waals surface area contributed by atoms with E-state index in [9.17, 15) is 0 Å². The van der Waals surface area contributed by atoms with Crippen LogP contribution in [-0.2, 0) is 17.7 Å². The highest BCUT2D eigenvalue weighted by Gasteiger charge is 2.32. The van der Waals surface area contributed by atoms with Gasteiger partial charge in [-0.3, -0.25) is 0 Å². The van der Waals surface area contributed by atoms with Crippen LogP contribution in [0, 0.1) is 0 Å². The molecule has 118 valence electrons. The maximum Gasteiger partial charge on any atom is 0.0762 e. The molecule has 2 heterocycles. The summed E-state index contributed by atoms with van der Waals surface area (Å²) in [5.74, 6) is 0. The Morgan fingerprint density at radius 3 is 2.90 bits per heavy atom. The Labute approximate surface area is 129 Å². The minimum atomic E-state index is 0.0721. The van der Waals surface area contributed by atoms with Crippen LogP contribution >= 0.6 is 0 Å². The molecule has 3 heteroatoms. The molecule has 0 aromatic carbocycles. The highest BCUT2D eigenvalue weighted by Crippen LogP contribution is 2.33. The van der Waals surface area contributed by atoms with Crippen molar-refractivity contribution in [2.45, 2.75) is 83.6 Å². The van der Waals surface area contributed by atoms with Gasteiger partial charge in [-0.25, -0.2) is 0 Å². The summed E-state index contributed by atoms with van der Waals surface area (Å²) in [5.41, 5.74) is 3.15. The third kappa shape index (κ3) is 3.51. The summed E-state index contributed by atoms with van der Waals surface area (Å²) in [6.07, 6.45) is 12.5. The predicted octanol–water partition coefficient (Wildman–Crippen LogP) is 3.82. The van der Waals surface area contributed by atoms with Crippen molar-refractivity contribution in [3.05, 3.63) is 23.5 Å². The molecule has 1 aliphatic carbocycles. The summed E-state index contributed by atoms with van der Waals surface area (Å²) in [5, 5.41) is 3.70. The molecule has 1 N–H and O–H groups in total. The lowest BCUT2D eigenvalue weighted by Gasteiger charge is -2.23. The van der Waals surface area contributed by atoms with E-state index in [1.807, 2.05) is 0 Å². The Morgan fingerprint density at radius 2 is 2.19 bits per heavy atom. The average molecular weight is 290 g/mol. The largest absolute Gasteiger partial charge is 0.370 e. The van der Waals surface area contributed by atoms with Gasteiger partial charge in [-0.05, 0) is 70.0 Å². The molecular formula is C18H30N2O. The molecule has 1 aromatic rings. The molecule has 0 bridgehead atoms. The van der Waals surface area contributed by atoms with Gasteiger partial charge in [-0.15, -0.1) is 0 Å². The van der Waals surface area contributed by atoms with Crippen molar-refractivity contribution in [2.24, 2.45) is 0 Å². The molecule has 3 nitrogen and oxygen atoms in total. The second kappa shape index (κ2) is 6.13. The maximum absolute atomic E-state index is 6.14. The fraction of sp³-hybridized carbons (Fsp3) is 0.778. The molecule has 1 aliphatic heterocycles. The summed E-state index contributed by atoms with van der Waals surface area (Å²) in [6.45, 7) is 8.78. The Morgan fingerprint density at radius 1 is 1.33 bits per heavy atom. The highest BCUT2D eigenvalue weighted by molar-refractivity contribution is 5.30. The van der Waals surface area contributed by atoms with E-state index in [2.05, 4.69) is 43.0 Å². The number of nitrogens with zero attached hydrogens (tertiary/aromatic N) is 1. The monoisotopic (exact) mass is 290 g/mol. The van der Waals surface area contributed by atoms with Crippen LogP contribution in [0.1, 0.15) is 70.0 Å². The normalized spacial score (nSPS) is 27.8. The molecule has 1 saturated heterocycles. The fourth-order valence-electron chi connectivity index (χ4n) is 3.83. The number of hydrogen-bond donors (Lipinski definition) is 1. The van der Waals surface area contributed by atoms with Gasteiger partial charge in [0, 0.05) is 25.0 Å². The van der Waals surface area contributed by atoms with E-state index in [1.54, 1.807) is 5.56 Å². The number of aromatic nitrogens is 1. The lowest BCUT2D eigenvalue weighted by molar-refractivity contribution is -0.0216. The van der Waals surface area contributed by atoms with Crippen LogP contribution in [0.15, 0.2) is 12.4 Å². The van der Waals surface area contributed by atoms with Gasteiger partial charge in [0.1, 0.15) is 0 Å². The third-order valence-electron chi connectivity index (χ3n) is 4.92. The van der Waals surface area contributed by atoms with Crippen molar-refractivity contribution in [2.75, 3.05) is 6.54 Å². The van der Waals surface area contributed by atoms with Crippen LogP contribution in [0.2, 0.25) is 0 Å². The molecule has 0 radical (unpaired) electrons. The van der Waals surface area contributed by atoms with Gasteiger partial charge in [0.15, 0.2) is 0 Å². The smallest absolute Gasteiger partial charge is 0.0762 e. The summed E-state index contributed by atoms with van der Waals surface area (Å²) < 4.78 is 8.52. The van der Waals surface area contributed by atoms with E-state index in [-0.39, 0.29) is 5.60 Å². The van der Waals surface area contributed by atoms with Crippen molar-refractivity contribution < 1.29 is 4.74 Å². The molecule has 0 amide bonds. The van der Waals surface area contributed by atoms with Crippen LogP contribution in [0.25, 0.3) is 0 Å². The molecule has 1 aromatic heterocycles. The molecule has 3 rings (SSSR count). The number of rotatable bonds is 5. The second-order valence-electron chi connectivity index (χ2n) is 7.37. The molecule has 2 aliphatic rings. The molecular weight excluding hydrogens is 260 g/mol. The summed E-state index contributed by atoms with van der Waals surface area (Å²) in [6, 6.07) is 0.566. The minimum Gasteiger partial charge on any atom is -0.370 e. The molecule has 0 saturated carbocycles. The lowest BCUT2D eigenvalue weighted by atomic mass is 9.91. The van der Waals surface area contributed by atoms with E-state index in [1.165, 1.54) is 44.1 Å². The average Bonchev–Trinajstić information content (AvgIpc) is 2.99. The number of ether oxygens (including phenoxy) is 1. The third-order valence-corrected chi connectivity index (χ3v) is 4.92. The Kier molecular flexibility index (Phi) is 4.41. The highest BCUT2D eigenvalue weighted by atomic mass is 16.5. The first-order chi connectivity index (χ1) is 10.1. The van der Waals surface area contributed by atoms with E-state index in [0.29, 0.717) is 12.1 Å². The van der Waals surface area contributed by atoms with Crippen LogP contribution in [-0.4, -0.2) is 22.8 Å². The topological polar surface area (TPSA) is 26.2 Å². The van der Waals surface area contributed by atoms with Gasteiger partial charge in [0.25, 0.3) is 0 Å². The SMILES string of the molecule is CCCNC1CCCc2cn(CC3CCC(C)(C)O3)cc21. The molecule has 2 atom stereocenters. The summed E-state index contributed by atoms with van der Waals surface area (Å²) >= 11 is 0. The summed E-state index contributed by atoms with van der Waals surface area (Å²) in [7, 11) is 0. The number of fused-ring (bicyclic) bond motifs is 1. The van der Waals surface area contributed by atoms with Gasteiger partial charge < -0.3 is 14.6 Å². The Hall–Kier alpha value is -0.800. The second-order valence-corrected chi connectivity index (χ2v) is 7.37. The molecule has 0 spiro atoms. The van der Waals surface area contributed by atoms with Gasteiger partial charge in [0.2, 0.25) is 0 Å². The van der Waals surface area contributed by atoms with Gasteiger partial charge in [0.05, 0.1) is 11.7 Å². The standard InChI is InChI=1S/C18H30N2O/c1-4-10-19-17-7-5-6-14-11-20(13-16(14)17)12-15-8-9-18(2,3)21-15/h11,13,15,17,19H,4-10,12H2,1-3H3. The maximum atomic E-state index is 6.14. The van der Waals surface area contributed by atoms with Crippen LogP contribution in [0.5, 0.6) is 0 Å². The van der Waals surface area contributed by atoms with Crippen molar-refractivity contribution in [1.29, 1.82) is 0 Å². The fourth-order valence-corrected chi connectivity index (χ4v) is 3.83. The number of nitrogens with one attached hydrogen (secondary N) is 1. The zero-order valence-corrected chi connectivity index (χ0v) is 13.8. The molecule has 2 unspecified atom stereocenters. The van der Waals surface area contributed by atoms with Crippen LogP contribution in [0.4, 0.5) is 0 Å². The molecule has 1 fully saturated rings. The van der Waals surface area contributed by atoms with Gasteiger partial charge >= 0.3 is 0 Å². The zero-order chi connectivity index (χ0) is 14.9. The quantitative estimate of drug-likeness (QED) is 0.892. The first kappa shape index (κ1) is 15.1. The first-order valence-electron chi connectivity index (χ1n) is 8.67. The van der Waals surface area contributed by atoms with E-state index in [4.69, 9.17) is 4.74 Å².